The Morgan fingerprint density at radius 3 is 1.93 bits per heavy atom. The van der Waals surface area contributed by atoms with Crippen molar-refractivity contribution in [3.8, 4) is 0 Å². The predicted octanol–water partition coefficient (Wildman–Crippen LogP) is 6.18. The highest BCUT2D eigenvalue weighted by molar-refractivity contribution is 6.30. The first-order valence-electron chi connectivity index (χ1n) is 10.3. The molecule has 1 aliphatic heterocycles. The summed E-state index contributed by atoms with van der Waals surface area (Å²) in [6.45, 7) is 5.27. The molecule has 3 aromatic rings. The fraction of sp³-hybridized carbons (Fsp3) is 0.231. The van der Waals surface area contributed by atoms with Gasteiger partial charge in [-0.15, -0.1) is 12.4 Å². The van der Waals surface area contributed by atoms with Crippen molar-refractivity contribution in [1.29, 1.82) is 0 Å². The molecule has 3 aromatic carbocycles. The highest BCUT2D eigenvalue weighted by Crippen LogP contribution is 2.30. The quantitative estimate of drug-likeness (QED) is 0.452. The zero-order chi connectivity index (χ0) is 19.9. The van der Waals surface area contributed by atoms with Crippen LogP contribution in [-0.2, 0) is 0 Å². The molecule has 4 rings (SSSR count). The van der Waals surface area contributed by atoms with Crippen LogP contribution >= 0.6 is 24.0 Å². The first kappa shape index (κ1) is 22.6. The van der Waals surface area contributed by atoms with E-state index in [-0.39, 0.29) is 18.4 Å². The van der Waals surface area contributed by atoms with E-state index < -0.39 is 0 Å². The summed E-state index contributed by atoms with van der Waals surface area (Å²) < 4.78 is 0. The molecule has 30 heavy (non-hydrogen) atoms. The van der Waals surface area contributed by atoms with Gasteiger partial charge in [0.15, 0.2) is 0 Å². The first-order valence-corrected chi connectivity index (χ1v) is 10.7. The lowest BCUT2D eigenvalue weighted by atomic mass is 9.96. The molecule has 1 fully saturated rings. The van der Waals surface area contributed by atoms with Crippen LogP contribution in [0.1, 0.15) is 22.7 Å². The topological polar surface area (TPSA) is 6.48 Å². The van der Waals surface area contributed by atoms with Crippen LogP contribution in [0.25, 0.3) is 6.08 Å². The van der Waals surface area contributed by atoms with E-state index in [1.165, 1.54) is 16.7 Å². The van der Waals surface area contributed by atoms with Crippen molar-refractivity contribution in [2.24, 2.45) is 0 Å². The normalized spacial score (nSPS) is 16.3. The van der Waals surface area contributed by atoms with Gasteiger partial charge in [-0.05, 0) is 28.8 Å². The maximum Gasteiger partial charge on any atom is 0.0602 e. The number of rotatable bonds is 6. The molecule has 0 aromatic heterocycles. The van der Waals surface area contributed by atoms with Gasteiger partial charge in [-0.1, -0.05) is 96.5 Å². The standard InChI is InChI=1S/C26H27ClN2.ClH/c27-25-15-13-24(14-16-25)26(23-11-5-2-6-12-23)29-20-18-28(19-21-29)17-7-10-22-8-3-1-4-9-22;/h1-16,26H,17-21H2;1H. The van der Waals surface area contributed by atoms with Crippen molar-refractivity contribution < 1.29 is 0 Å². The molecule has 1 saturated heterocycles. The molecule has 0 N–H and O–H groups in total. The minimum absolute atomic E-state index is 0. The molecule has 156 valence electrons. The molecular formula is C26H28Cl2N2. The number of halogens is 2. The average molecular weight is 439 g/mol. The monoisotopic (exact) mass is 438 g/mol. The maximum atomic E-state index is 6.13. The van der Waals surface area contributed by atoms with Crippen molar-refractivity contribution in [2.45, 2.75) is 6.04 Å². The van der Waals surface area contributed by atoms with Crippen molar-refractivity contribution in [1.82, 2.24) is 9.80 Å². The van der Waals surface area contributed by atoms with Gasteiger partial charge in [-0.3, -0.25) is 9.80 Å². The van der Waals surface area contributed by atoms with Crippen LogP contribution in [0.3, 0.4) is 0 Å². The fourth-order valence-corrected chi connectivity index (χ4v) is 4.13. The number of hydrogen-bond acceptors (Lipinski definition) is 2. The molecule has 1 aliphatic rings. The summed E-state index contributed by atoms with van der Waals surface area (Å²) in [5.74, 6) is 0. The van der Waals surface area contributed by atoms with Gasteiger partial charge in [-0.25, -0.2) is 0 Å². The zero-order valence-electron chi connectivity index (χ0n) is 17.0. The van der Waals surface area contributed by atoms with Gasteiger partial charge < -0.3 is 0 Å². The van der Waals surface area contributed by atoms with E-state index in [1.54, 1.807) is 0 Å². The Morgan fingerprint density at radius 1 is 0.733 bits per heavy atom. The Balaban J connectivity index is 0.00000256. The third-order valence-electron chi connectivity index (χ3n) is 5.55. The van der Waals surface area contributed by atoms with E-state index >= 15 is 0 Å². The Bertz CT molecular complexity index is 903. The summed E-state index contributed by atoms with van der Waals surface area (Å²) in [5, 5.41) is 0.788. The summed E-state index contributed by atoms with van der Waals surface area (Å²) >= 11 is 6.13. The Morgan fingerprint density at radius 2 is 1.30 bits per heavy atom. The van der Waals surface area contributed by atoms with Gasteiger partial charge in [0, 0.05) is 37.7 Å². The smallest absolute Gasteiger partial charge is 0.0602 e. The number of nitrogens with zero attached hydrogens (tertiary/aromatic N) is 2. The summed E-state index contributed by atoms with van der Waals surface area (Å²) in [6, 6.07) is 29.9. The Labute approximate surface area is 191 Å². The SMILES string of the molecule is Cl.Clc1ccc(C(c2ccccc2)N2CCN(CC=Cc3ccccc3)CC2)cc1. The van der Waals surface area contributed by atoms with Gasteiger partial charge in [0.25, 0.3) is 0 Å². The number of benzene rings is 3. The fourth-order valence-electron chi connectivity index (χ4n) is 4.00. The first-order chi connectivity index (χ1) is 14.3. The second kappa shape index (κ2) is 11.3. The largest absolute Gasteiger partial charge is 0.297 e. The Hall–Kier alpha value is -2.10. The van der Waals surface area contributed by atoms with E-state index in [1.807, 2.05) is 12.1 Å². The highest BCUT2D eigenvalue weighted by Gasteiger charge is 2.25. The van der Waals surface area contributed by atoms with Crippen molar-refractivity contribution >= 4 is 30.1 Å². The maximum absolute atomic E-state index is 6.13. The van der Waals surface area contributed by atoms with E-state index in [0.29, 0.717) is 0 Å². The van der Waals surface area contributed by atoms with Crippen LogP contribution in [0.4, 0.5) is 0 Å². The van der Waals surface area contributed by atoms with E-state index in [9.17, 15) is 0 Å². The van der Waals surface area contributed by atoms with Gasteiger partial charge in [-0.2, -0.15) is 0 Å². The minimum atomic E-state index is 0. The van der Waals surface area contributed by atoms with Gasteiger partial charge >= 0.3 is 0 Å². The second-order valence-electron chi connectivity index (χ2n) is 7.51. The average Bonchev–Trinajstić information content (AvgIpc) is 2.78. The van der Waals surface area contributed by atoms with Gasteiger partial charge in [0.05, 0.1) is 6.04 Å². The second-order valence-corrected chi connectivity index (χ2v) is 7.95. The van der Waals surface area contributed by atoms with Crippen LogP contribution in [-0.4, -0.2) is 42.5 Å². The lowest BCUT2D eigenvalue weighted by Crippen LogP contribution is -2.47. The third kappa shape index (κ3) is 5.96. The molecular weight excluding hydrogens is 411 g/mol. The third-order valence-corrected chi connectivity index (χ3v) is 5.80. The molecule has 0 radical (unpaired) electrons. The number of hydrogen-bond donors (Lipinski definition) is 0. The van der Waals surface area contributed by atoms with E-state index in [4.69, 9.17) is 11.6 Å². The zero-order valence-corrected chi connectivity index (χ0v) is 18.6. The molecule has 0 aliphatic carbocycles. The summed E-state index contributed by atoms with van der Waals surface area (Å²) in [7, 11) is 0. The molecule has 4 heteroatoms. The van der Waals surface area contributed by atoms with Crippen LogP contribution in [0.5, 0.6) is 0 Å². The van der Waals surface area contributed by atoms with Crippen LogP contribution in [0.2, 0.25) is 5.02 Å². The highest BCUT2D eigenvalue weighted by atomic mass is 35.5. The number of piperazine rings is 1. The predicted molar refractivity (Wildman–Crippen MR) is 130 cm³/mol. The summed E-state index contributed by atoms with van der Waals surface area (Å²) in [5.41, 5.74) is 3.91. The van der Waals surface area contributed by atoms with Crippen LogP contribution in [0.15, 0.2) is 91.0 Å². The molecule has 0 bridgehead atoms. The Kier molecular flexibility index (Phi) is 8.53. The van der Waals surface area contributed by atoms with Crippen LogP contribution in [0, 0.1) is 0 Å². The van der Waals surface area contributed by atoms with E-state index in [0.717, 1.165) is 37.7 Å². The van der Waals surface area contributed by atoms with Gasteiger partial charge in [0.1, 0.15) is 0 Å². The molecule has 1 unspecified atom stereocenters. The molecule has 0 saturated carbocycles. The minimum Gasteiger partial charge on any atom is -0.297 e. The van der Waals surface area contributed by atoms with Crippen molar-refractivity contribution in [3.63, 3.8) is 0 Å². The molecule has 1 atom stereocenters. The lowest BCUT2D eigenvalue weighted by Gasteiger charge is -2.39. The molecule has 0 amide bonds. The van der Waals surface area contributed by atoms with Gasteiger partial charge in [0.2, 0.25) is 0 Å². The molecule has 2 nitrogen and oxygen atoms in total. The van der Waals surface area contributed by atoms with Crippen molar-refractivity contribution in [2.75, 3.05) is 32.7 Å². The molecule has 1 heterocycles. The summed E-state index contributed by atoms with van der Waals surface area (Å²) in [6.07, 6.45) is 4.49. The van der Waals surface area contributed by atoms with Crippen LogP contribution < -0.4 is 0 Å². The molecule has 0 spiro atoms. The van der Waals surface area contributed by atoms with E-state index in [2.05, 4.69) is 94.7 Å². The lowest BCUT2D eigenvalue weighted by molar-refractivity contribution is 0.118. The summed E-state index contributed by atoms with van der Waals surface area (Å²) in [4.78, 5) is 5.12. The van der Waals surface area contributed by atoms with Crippen molar-refractivity contribution in [3.05, 3.63) is 113 Å².